The van der Waals surface area contributed by atoms with Crippen molar-refractivity contribution in [2.24, 2.45) is 0 Å². The van der Waals surface area contributed by atoms with Crippen LogP contribution in [-0.2, 0) is 0 Å². The minimum atomic E-state index is 0.0138. The maximum atomic E-state index is 11.8. The number of thioether (sulfide) groups is 1. The maximum Gasteiger partial charge on any atom is 0.208 e. The van der Waals surface area contributed by atoms with Crippen molar-refractivity contribution in [1.29, 1.82) is 0 Å². The Bertz CT molecular complexity index is 541. The summed E-state index contributed by atoms with van der Waals surface area (Å²) in [5.74, 6) is 1.06. The third kappa shape index (κ3) is 3.31. The number of aromatic amines is 1. The number of nitrogens with zero attached hydrogens (tertiary/aromatic N) is 2. The van der Waals surface area contributed by atoms with Crippen molar-refractivity contribution in [3.05, 3.63) is 40.7 Å². The molecule has 2 rings (SSSR count). The van der Waals surface area contributed by atoms with Gasteiger partial charge in [-0.3, -0.25) is 9.89 Å². The lowest BCUT2D eigenvalue weighted by molar-refractivity contribution is 0.102. The van der Waals surface area contributed by atoms with Gasteiger partial charge < -0.3 is 0 Å². The van der Waals surface area contributed by atoms with E-state index in [9.17, 15) is 4.79 Å². The molecule has 0 saturated carbocycles. The van der Waals surface area contributed by atoms with Crippen molar-refractivity contribution in [2.45, 2.75) is 12.1 Å². The Hall–Kier alpha value is -1.33. The Morgan fingerprint density at radius 1 is 1.53 bits per heavy atom. The first-order valence-corrected chi connectivity index (χ1v) is 6.32. The number of hydrogen-bond acceptors (Lipinski definition) is 4. The van der Waals surface area contributed by atoms with E-state index in [4.69, 9.17) is 11.6 Å². The number of H-pyrrole nitrogens is 1. The molecule has 2 aromatic rings. The average Bonchev–Trinajstić information content (AvgIpc) is 2.72. The first-order chi connectivity index (χ1) is 8.15. The zero-order valence-corrected chi connectivity index (χ0v) is 10.7. The molecule has 0 bridgehead atoms. The Labute approximate surface area is 108 Å². The van der Waals surface area contributed by atoms with Crippen LogP contribution >= 0.6 is 23.4 Å². The van der Waals surface area contributed by atoms with Crippen LogP contribution in [0.1, 0.15) is 16.2 Å². The van der Waals surface area contributed by atoms with Gasteiger partial charge in [0.25, 0.3) is 0 Å². The number of carbonyl (C=O) groups is 1. The molecule has 0 aliphatic carbocycles. The van der Waals surface area contributed by atoms with E-state index in [1.165, 1.54) is 11.8 Å². The summed E-state index contributed by atoms with van der Waals surface area (Å²) in [5, 5.41) is 7.82. The second-order valence-corrected chi connectivity index (χ2v) is 4.80. The molecule has 4 nitrogen and oxygen atoms in total. The van der Waals surface area contributed by atoms with E-state index < -0.39 is 0 Å². The highest BCUT2D eigenvalue weighted by Crippen LogP contribution is 2.16. The second kappa shape index (κ2) is 5.33. The molecular formula is C11H10ClN3OS. The highest BCUT2D eigenvalue weighted by atomic mass is 35.5. The van der Waals surface area contributed by atoms with Gasteiger partial charge in [-0.1, -0.05) is 35.5 Å². The normalized spacial score (nSPS) is 10.5. The Morgan fingerprint density at radius 3 is 3.00 bits per heavy atom. The molecule has 6 heteroatoms. The summed E-state index contributed by atoms with van der Waals surface area (Å²) in [4.78, 5) is 15.9. The standard InChI is InChI=1S/C11H10ClN3OS/c1-7-13-11(15-14-7)17-6-10(16)8-3-2-4-9(12)5-8/h2-5H,6H2,1H3,(H,13,14,15). The fraction of sp³-hybridized carbons (Fsp3) is 0.182. The molecule has 0 fully saturated rings. The lowest BCUT2D eigenvalue weighted by atomic mass is 10.1. The zero-order valence-electron chi connectivity index (χ0n) is 9.11. The lowest BCUT2D eigenvalue weighted by Gasteiger charge is -1.99. The van der Waals surface area contributed by atoms with E-state index in [0.717, 1.165) is 5.82 Å². The van der Waals surface area contributed by atoms with E-state index in [2.05, 4.69) is 15.2 Å². The van der Waals surface area contributed by atoms with Gasteiger partial charge >= 0.3 is 0 Å². The third-order valence-corrected chi connectivity index (χ3v) is 3.14. The summed E-state index contributed by atoms with van der Waals surface area (Å²) < 4.78 is 0. The summed E-state index contributed by atoms with van der Waals surface area (Å²) in [6, 6.07) is 6.91. The molecule has 88 valence electrons. The predicted octanol–water partition coefficient (Wildman–Crippen LogP) is 2.74. The number of rotatable bonds is 4. The number of Topliss-reactive ketones (excluding diaryl/α,β-unsaturated/α-hetero) is 1. The average molecular weight is 268 g/mol. The topological polar surface area (TPSA) is 58.6 Å². The Morgan fingerprint density at radius 2 is 2.35 bits per heavy atom. The molecule has 0 saturated heterocycles. The third-order valence-electron chi connectivity index (χ3n) is 2.06. The molecule has 0 unspecified atom stereocenters. The van der Waals surface area contributed by atoms with Gasteiger partial charge in [0.2, 0.25) is 5.16 Å². The van der Waals surface area contributed by atoms with Gasteiger partial charge in [-0.25, -0.2) is 4.98 Å². The van der Waals surface area contributed by atoms with Gasteiger partial charge in [0, 0.05) is 10.6 Å². The molecule has 0 atom stereocenters. The van der Waals surface area contributed by atoms with Crippen LogP contribution in [0.15, 0.2) is 29.4 Å². The van der Waals surface area contributed by atoms with Crippen LogP contribution in [-0.4, -0.2) is 26.7 Å². The van der Waals surface area contributed by atoms with Crippen LogP contribution < -0.4 is 0 Å². The van der Waals surface area contributed by atoms with Crippen LogP contribution in [0.25, 0.3) is 0 Å². The number of benzene rings is 1. The minimum Gasteiger partial charge on any atom is -0.293 e. The monoisotopic (exact) mass is 267 g/mol. The minimum absolute atomic E-state index is 0.0138. The van der Waals surface area contributed by atoms with Crippen molar-refractivity contribution >= 4 is 29.1 Å². The molecule has 0 amide bonds. The molecule has 1 N–H and O–H groups in total. The van der Waals surface area contributed by atoms with Crippen molar-refractivity contribution in [2.75, 3.05) is 5.75 Å². The zero-order chi connectivity index (χ0) is 12.3. The Balaban J connectivity index is 1.98. The number of nitrogens with one attached hydrogen (secondary N) is 1. The molecule has 1 aromatic heterocycles. The van der Waals surface area contributed by atoms with Crippen molar-refractivity contribution in [1.82, 2.24) is 15.2 Å². The van der Waals surface area contributed by atoms with Crippen molar-refractivity contribution in [3.63, 3.8) is 0 Å². The number of hydrogen-bond donors (Lipinski definition) is 1. The molecule has 17 heavy (non-hydrogen) atoms. The van der Waals surface area contributed by atoms with Crippen molar-refractivity contribution in [3.8, 4) is 0 Å². The highest BCUT2D eigenvalue weighted by Gasteiger charge is 2.09. The quantitative estimate of drug-likeness (QED) is 0.684. The molecular weight excluding hydrogens is 258 g/mol. The first-order valence-electron chi connectivity index (χ1n) is 4.96. The van der Waals surface area contributed by atoms with Gasteiger partial charge in [0.15, 0.2) is 5.78 Å². The Kier molecular flexibility index (Phi) is 3.81. The summed E-state index contributed by atoms with van der Waals surface area (Å²) >= 11 is 7.12. The largest absolute Gasteiger partial charge is 0.293 e. The van der Waals surface area contributed by atoms with Crippen LogP contribution in [0, 0.1) is 6.92 Å². The number of aromatic nitrogens is 3. The van der Waals surface area contributed by atoms with Gasteiger partial charge in [-0.2, -0.15) is 0 Å². The van der Waals surface area contributed by atoms with Gasteiger partial charge in [-0.05, 0) is 19.1 Å². The van der Waals surface area contributed by atoms with Crippen LogP contribution in [0.2, 0.25) is 5.02 Å². The van der Waals surface area contributed by atoms with Gasteiger partial charge in [-0.15, -0.1) is 5.10 Å². The van der Waals surface area contributed by atoms with Crippen LogP contribution in [0.4, 0.5) is 0 Å². The SMILES string of the molecule is Cc1nc(SCC(=O)c2cccc(Cl)c2)n[nH]1. The molecule has 0 aliphatic rings. The summed E-state index contributed by atoms with van der Waals surface area (Å²) in [6.45, 7) is 1.82. The number of aryl methyl sites for hydroxylation is 1. The van der Waals surface area contributed by atoms with E-state index >= 15 is 0 Å². The van der Waals surface area contributed by atoms with Crippen LogP contribution in [0.3, 0.4) is 0 Å². The molecule has 0 aliphatic heterocycles. The van der Waals surface area contributed by atoms with Crippen molar-refractivity contribution < 1.29 is 4.79 Å². The summed E-state index contributed by atoms with van der Waals surface area (Å²) in [6.07, 6.45) is 0. The summed E-state index contributed by atoms with van der Waals surface area (Å²) in [5.41, 5.74) is 0.609. The highest BCUT2D eigenvalue weighted by molar-refractivity contribution is 7.99. The summed E-state index contributed by atoms with van der Waals surface area (Å²) in [7, 11) is 0. The van der Waals surface area contributed by atoms with Gasteiger partial charge in [0.05, 0.1) is 5.75 Å². The smallest absolute Gasteiger partial charge is 0.208 e. The predicted molar refractivity (Wildman–Crippen MR) is 67.6 cm³/mol. The number of carbonyl (C=O) groups excluding carboxylic acids is 1. The molecule has 0 spiro atoms. The van der Waals surface area contributed by atoms with E-state index in [0.29, 0.717) is 21.5 Å². The lowest BCUT2D eigenvalue weighted by Crippen LogP contribution is -2.02. The number of ketones is 1. The van der Waals surface area contributed by atoms with Gasteiger partial charge in [0.1, 0.15) is 5.82 Å². The van der Waals surface area contributed by atoms with E-state index in [1.807, 2.05) is 6.92 Å². The molecule has 0 radical (unpaired) electrons. The second-order valence-electron chi connectivity index (χ2n) is 3.43. The first kappa shape index (κ1) is 12.1. The number of halogens is 1. The molecule has 1 heterocycles. The van der Waals surface area contributed by atoms with E-state index in [1.54, 1.807) is 24.3 Å². The molecule has 1 aromatic carbocycles. The fourth-order valence-electron chi connectivity index (χ4n) is 1.26. The van der Waals surface area contributed by atoms with Crippen LogP contribution in [0.5, 0.6) is 0 Å². The maximum absolute atomic E-state index is 11.8. The van der Waals surface area contributed by atoms with E-state index in [-0.39, 0.29) is 5.78 Å². The fourth-order valence-corrected chi connectivity index (χ4v) is 2.19.